The van der Waals surface area contributed by atoms with E-state index in [1.54, 1.807) is 28.6 Å². The van der Waals surface area contributed by atoms with E-state index in [1.807, 2.05) is 25.7 Å². The number of hydrogen-bond acceptors (Lipinski definition) is 4. The predicted octanol–water partition coefficient (Wildman–Crippen LogP) is 2.50. The molecule has 0 radical (unpaired) electrons. The van der Waals surface area contributed by atoms with Crippen LogP contribution in [0, 0.1) is 0 Å². The first-order chi connectivity index (χ1) is 12.2. The smallest absolute Gasteiger partial charge is 0.254 e. The SMILES string of the molecule is CC1CN(C(=O)c2ccc(S(=O)(=O)N3CCCCC3)cc2)C(C)(C)CO1. The van der Waals surface area contributed by atoms with Crippen LogP contribution in [0.2, 0.25) is 0 Å². The highest BCUT2D eigenvalue weighted by atomic mass is 32.2. The zero-order chi connectivity index (χ0) is 18.9. The van der Waals surface area contributed by atoms with E-state index in [0.29, 0.717) is 31.8 Å². The number of nitrogens with zero attached hydrogens (tertiary/aromatic N) is 2. The average Bonchev–Trinajstić information content (AvgIpc) is 2.64. The van der Waals surface area contributed by atoms with Crippen molar-refractivity contribution >= 4 is 15.9 Å². The first-order valence-electron chi connectivity index (χ1n) is 9.25. The van der Waals surface area contributed by atoms with E-state index in [4.69, 9.17) is 4.74 Å². The largest absolute Gasteiger partial charge is 0.374 e. The maximum atomic E-state index is 12.9. The van der Waals surface area contributed by atoms with Gasteiger partial charge in [0.25, 0.3) is 5.91 Å². The normalized spacial score (nSPS) is 24.4. The van der Waals surface area contributed by atoms with Gasteiger partial charge in [-0.3, -0.25) is 4.79 Å². The van der Waals surface area contributed by atoms with Crippen LogP contribution in [0.1, 0.15) is 50.4 Å². The Bertz CT molecular complexity index is 752. The number of amides is 1. The van der Waals surface area contributed by atoms with Crippen LogP contribution in [0.3, 0.4) is 0 Å². The molecule has 0 aliphatic carbocycles. The Morgan fingerprint density at radius 3 is 2.35 bits per heavy atom. The molecule has 26 heavy (non-hydrogen) atoms. The van der Waals surface area contributed by atoms with Gasteiger partial charge in [-0.1, -0.05) is 6.42 Å². The van der Waals surface area contributed by atoms with Gasteiger partial charge >= 0.3 is 0 Å². The van der Waals surface area contributed by atoms with Crippen LogP contribution in [-0.4, -0.2) is 61.4 Å². The maximum absolute atomic E-state index is 12.9. The van der Waals surface area contributed by atoms with Gasteiger partial charge in [-0.25, -0.2) is 8.42 Å². The van der Waals surface area contributed by atoms with Crippen LogP contribution in [-0.2, 0) is 14.8 Å². The first-order valence-corrected chi connectivity index (χ1v) is 10.7. The second-order valence-corrected chi connectivity index (χ2v) is 9.78. The second kappa shape index (κ2) is 7.29. The summed E-state index contributed by atoms with van der Waals surface area (Å²) in [5.41, 5.74) is 0.118. The Morgan fingerprint density at radius 2 is 1.73 bits per heavy atom. The molecule has 1 aromatic rings. The number of hydrogen-bond donors (Lipinski definition) is 0. The topological polar surface area (TPSA) is 66.9 Å². The Kier molecular flexibility index (Phi) is 5.42. The van der Waals surface area contributed by atoms with Crippen molar-refractivity contribution < 1.29 is 17.9 Å². The van der Waals surface area contributed by atoms with E-state index >= 15 is 0 Å². The minimum Gasteiger partial charge on any atom is -0.374 e. The fourth-order valence-electron chi connectivity index (χ4n) is 3.52. The van der Waals surface area contributed by atoms with E-state index in [-0.39, 0.29) is 22.4 Å². The van der Waals surface area contributed by atoms with Gasteiger partial charge in [0.15, 0.2) is 0 Å². The van der Waals surface area contributed by atoms with E-state index in [1.165, 1.54) is 0 Å². The molecule has 2 aliphatic rings. The number of ether oxygens (including phenoxy) is 1. The van der Waals surface area contributed by atoms with E-state index in [9.17, 15) is 13.2 Å². The fourth-order valence-corrected chi connectivity index (χ4v) is 5.04. The van der Waals surface area contributed by atoms with Crippen LogP contribution in [0.25, 0.3) is 0 Å². The number of piperidine rings is 1. The van der Waals surface area contributed by atoms with Crippen LogP contribution in [0.5, 0.6) is 0 Å². The maximum Gasteiger partial charge on any atom is 0.254 e. The Hall–Kier alpha value is -1.44. The van der Waals surface area contributed by atoms with Gasteiger partial charge in [0.2, 0.25) is 10.0 Å². The highest BCUT2D eigenvalue weighted by molar-refractivity contribution is 7.89. The summed E-state index contributed by atoms with van der Waals surface area (Å²) >= 11 is 0. The molecule has 0 spiro atoms. The molecular formula is C19H28N2O4S. The molecule has 1 aromatic carbocycles. The number of benzene rings is 1. The molecule has 1 atom stereocenters. The van der Waals surface area contributed by atoms with E-state index in [2.05, 4.69) is 0 Å². The highest BCUT2D eigenvalue weighted by Gasteiger charge is 2.37. The fraction of sp³-hybridized carbons (Fsp3) is 0.632. The van der Waals surface area contributed by atoms with Gasteiger partial charge < -0.3 is 9.64 Å². The summed E-state index contributed by atoms with van der Waals surface area (Å²) in [5, 5.41) is 0. The summed E-state index contributed by atoms with van der Waals surface area (Å²) < 4.78 is 32.7. The zero-order valence-corrected chi connectivity index (χ0v) is 16.6. The molecule has 2 saturated heterocycles. The summed E-state index contributed by atoms with van der Waals surface area (Å²) in [6.07, 6.45) is 2.87. The van der Waals surface area contributed by atoms with Crippen molar-refractivity contribution in [1.82, 2.24) is 9.21 Å². The lowest BCUT2D eigenvalue weighted by Gasteiger charge is -2.44. The zero-order valence-electron chi connectivity index (χ0n) is 15.8. The minimum absolute atomic E-state index is 0.00859. The molecule has 0 N–H and O–H groups in total. The van der Waals surface area contributed by atoms with Crippen molar-refractivity contribution in [2.24, 2.45) is 0 Å². The molecule has 3 rings (SSSR count). The standard InChI is InChI=1S/C19H28N2O4S/c1-15-13-21(19(2,3)14-25-15)18(22)16-7-9-17(10-8-16)26(23,24)20-11-5-4-6-12-20/h7-10,15H,4-6,11-14H2,1-3H3. The summed E-state index contributed by atoms with van der Waals surface area (Å²) in [4.78, 5) is 15.0. The summed E-state index contributed by atoms with van der Waals surface area (Å²) in [6, 6.07) is 6.34. The molecule has 0 aromatic heterocycles. The lowest BCUT2D eigenvalue weighted by molar-refractivity contribution is -0.0755. The Labute approximate surface area is 156 Å². The molecule has 6 nitrogen and oxygen atoms in total. The van der Waals surface area contributed by atoms with Crippen LogP contribution in [0.4, 0.5) is 0 Å². The number of rotatable bonds is 3. The minimum atomic E-state index is -3.47. The lowest BCUT2D eigenvalue weighted by Crippen LogP contribution is -2.57. The third kappa shape index (κ3) is 3.80. The molecule has 1 amide bonds. The number of carbonyl (C=O) groups is 1. The molecule has 144 valence electrons. The van der Waals surface area contributed by atoms with Crippen LogP contribution >= 0.6 is 0 Å². The van der Waals surface area contributed by atoms with Gasteiger partial charge in [0, 0.05) is 25.2 Å². The number of sulfonamides is 1. The van der Waals surface area contributed by atoms with Gasteiger partial charge in [-0.2, -0.15) is 4.31 Å². The van der Waals surface area contributed by atoms with Crippen molar-refractivity contribution in [2.75, 3.05) is 26.2 Å². The molecule has 0 bridgehead atoms. The van der Waals surface area contributed by atoms with Gasteiger partial charge in [0.05, 0.1) is 23.1 Å². The molecule has 2 heterocycles. The third-order valence-electron chi connectivity index (χ3n) is 5.19. The van der Waals surface area contributed by atoms with Gasteiger partial charge in [0.1, 0.15) is 0 Å². The van der Waals surface area contributed by atoms with Gasteiger partial charge in [-0.05, 0) is 57.9 Å². The molecule has 0 saturated carbocycles. The van der Waals surface area contributed by atoms with Crippen LogP contribution < -0.4 is 0 Å². The van der Waals surface area contributed by atoms with Gasteiger partial charge in [-0.15, -0.1) is 0 Å². The predicted molar refractivity (Wildman–Crippen MR) is 99.6 cm³/mol. The molecule has 2 fully saturated rings. The Morgan fingerprint density at radius 1 is 1.12 bits per heavy atom. The van der Waals surface area contributed by atoms with Crippen molar-refractivity contribution in [3.8, 4) is 0 Å². The summed E-state index contributed by atoms with van der Waals surface area (Å²) in [5.74, 6) is -0.0907. The van der Waals surface area contributed by atoms with Crippen molar-refractivity contribution in [2.45, 2.75) is 56.6 Å². The molecule has 1 unspecified atom stereocenters. The lowest BCUT2D eigenvalue weighted by atomic mass is 9.99. The van der Waals surface area contributed by atoms with E-state index < -0.39 is 10.0 Å². The quantitative estimate of drug-likeness (QED) is 0.808. The van der Waals surface area contributed by atoms with E-state index in [0.717, 1.165) is 19.3 Å². The molecule has 2 aliphatic heterocycles. The highest BCUT2D eigenvalue weighted by Crippen LogP contribution is 2.26. The summed E-state index contributed by atoms with van der Waals surface area (Å²) in [6.45, 7) is 8.06. The molecule has 7 heteroatoms. The van der Waals surface area contributed by atoms with Crippen molar-refractivity contribution in [1.29, 1.82) is 0 Å². The third-order valence-corrected chi connectivity index (χ3v) is 7.10. The monoisotopic (exact) mass is 380 g/mol. The van der Waals surface area contributed by atoms with Crippen molar-refractivity contribution in [3.05, 3.63) is 29.8 Å². The number of morpholine rings is 1. The van der Waals surface area contributed by atoms with Crippen molar-refractivity contribution in [3.63, 3.8) is 0 Å². The number of carbonyl (C=O) groups excluding carboxylic acids is 1. The van der Waals surface area contributed by atoms with Crippen LogP contribution in [0.15, 0.2) is 29.2 Å². The Balaban J connectivity index is 1.79. The molecular weight excluding hydrogens is 352 g/mol. The second-order valence-electron chi connectivity index (χ2n) is 7.84. The summed E-state index contributed by atoms with van der Waals surface area (Å²) in [7, 11) is -3.47. The average molecular weight is 381 g/mol. The first kappa shape index (κ1) is 19.3.